The lowest BCUT2D eigenvalue weighted by atomic mass is 10.2. The maximum atomic E-state index is 11.2. The molecule has 0 heterocycles. The Kier molecular flexibility index (Phi) is 5.01. The van der Waals surface area contributed by atoms with E-state index in [1.807, 2.05) is 0 Å². The molecule has 0 fully saturated rings. The highest BCUT2D eigenvalue weighted by atomic mass is 35.5. The van der Waals surface area contributed by atoms with Crippen LogP contribution in [0, 0.1) is 0 Å². The minimum atomic E-state index is -3.79. The summed E-state index contributed by atoms with van der Waals surface area (Å²) < 4.78 is 27.9. The van der Waals surface area contributed by atoms with Crippen LogP contribution in [0.3, 0.4) is 0 Å². The molecule has 0 bridgehead atoms. The zero-order chi connectivity index (χ0) is 15.6. The van der Waals surface area contributed by atoms with Crippen molar-refractivity contribution in [2.45, 2.75) is 11.5 Å². The van der Waals surface area contributed by atoms with Gasteiger partial charge >= 0.3 is 0 Å². The van der Waals surface area contributed by atoms with Crippen molar-refractivity contribution in [3.8, 4) is 5.75 Å². The van der Waals surface area contributed by atoms with Crippen LogP contribution in [0.15, 0.2) is 41.3 Å². The highest BCUT2D eigenvalue weighted by Gasteiger charge is 2.11. The lowest BCUT2D eigenvalue weighted by molar-refractivity contribution is 0.306. The molecule has 2 rings (SSSR count). The molecule has 0 saturated heterocycles. The molecule has 2 N–H and O–H groups in total. The molecule has 0 radical (unpaired) electrons. The fourth-order valence-corrected chi connectivity index (χ4v) is 2.73. The van der Waals surface area contributed by atoms with Gasteiger partial charge in [0.2, 0.25) is 10.0 Å². The average molecular weight is 367 g/mol. The Morgan fingerprint density at radius 1 is 0.952 bits per heavy atom. The maximum absolute atomic E-state index is 11.2. The first-order chi connectivity index (χ1) is 9.77. The van der Waals surface area contributed by atoms with Gasteiger partial charge < -0.3 is 4.74 Å². The van der Waals surface area contributed by atoms with Crippen molar-refractivity contribution >= 4 is 44.8 Å². The highest BCUT2D eigenvalue weighted by molar-refractivity contribution is 7.89. The molecule has 0 atom stereocenters. The van der Waals surface area contributed by atoms with Crippen LogP contribution < -0.4 is 9.88 Å². The molecule has 2 aromatic carbocycles. The van der Waals surface area contributed by atoms with Crippen molar-refractivity contribution in [3.05, 3.63) is 57.0 Å². The number of primary sulfonamides is 1. The Labute approximate surface area is 137 Å². The topological polar surface area (TPSA) is 69.4 Å². The summed E-state index contributed by atoms with van der Waals surface area (Å²) in [4.78, 5) is -0.0746. The summed E-state index contributed by atoms with van der Waals surface area (Å²) in [5.41, 5.74) is 0.802. The Morgan fingerprint density at radius 3 is 2.24 bits per heavy atom. The molecule has 21 heavy (non-hydrogen) atoms. The summed E-state index contributed by atoms with van der Waals surface area (Å²) in [6.45, 7) is 0.214. The maximum Gasteiger partial charge on any atom is 0.238 e. The van der Waals surface area contributed by atoms with Crippen LogP contribution in [-0.4, -0.2) is 8.42 Å². The van der Waals surface area contributed by atoms with Gasteiger partial charge in [-0.05, 0) is 35.9 Å². The van der Waals surface area contributed by atoms with Crippen molar-refractivity contribution in [2.75, 3.05) is 0 Å². The van der Waals surface area contributed by atoms with Crippen molar-refractivity contribution in [2.24, 2.45) is 5.14 Å². The fourth-order valence-electron chi connectivity index (χ4n) is 1.57. The highest BCUT2D eigenvalue weighted by Crippen LogP contribution is 2.28. The second kappa shape index (κ2) is 6.42. The minimum absolute atomic E-state index is 0.0746. The summed E-state index contributed by atoms with van der Waals surface area (Å²) in [6, 6.07) is 9.11. The van der Waals surface area contributed by atoms with E-state index in [2.05, 4.69) is 0 Å². The molecule has 0 aliphatic carbocycles. The lowest BCUT2D eigenvalue weighted by Gasteiger charge is -2.09. The smallest absolute Gasteiger partial charge is 0.238 e. The van der Waals surface area contributed by atoms with Crippen LogP contribution in [0.1, 0.15) is 5.56 Å². The van der Waals surface area contributed by atoms with Crippen LogP contribution >= 0.6 is 34.8 Å². The van der Waals surface area contributed by atoms with E-state index < -0.39 is 10.0 Å². The van der Waals surface area contributed by atoms with E-state index in [1.165, 1.54) is 18.2 Å². The summed E-state index contributed by atoms with van der Waals surface area (Å²) in [7, 11) is -3.79. The molecular weight excluding hydrogens is 357 g/mol. The summed E-state index contributed by atoms with van der Waals surface area (Å²) in [6.07, 6.45) is 0. The van der Waals surface area contributed by atoms with Gasteiger partial charge in [-0.2, -0.15) is 0 Å². The van der Waals surface area contributed by atoms with E-state index in [0.29, 0.717) is 15.8 Å². The predicted molar refractivity (Wildman–Crippen MR) is 83.6 cm³/mol. The monoisotopic (exact) mass is 365 g/mol. The summed E-state index contributed by atoms with van der Waals surface area (Å²) >= 11 is 17.7. The molecule has 8 heteroatoms. The Hall–Kier alpha value is -0.980. The molecule has 0 spiro atoms. The van der Waals surface area contributed by atoms with Gasteiger partial charge in [-0.15, -0.1) is 0 Å². The molecule has 112 valence electrons. The SMILES string of the molecule is NS(=O)(=O)c1ccc(OCc2ccc(Cl)c(Cl)c2)c(Cl)c1. The number of nitrogens with two attached hydrogens (primary N) is 1. The lowest BCUT2D eigenvalue weighted by Crippen LogP contribution is -2.12. The van der Waals surface area contributed by atoms with Crippen molar-refractivity contribution in [1.82, 2.24) is 0 Å². The van der Waals surface area contributed by atoms with Crippen molar-refractivity contribution in [1.29, 1.82) is 0 Å². The number of ether oxygens (including phenoxy) is 1. The van der Waals surface area contributed by atoms with Crippen LogP contribution in [-0.2, 0) is 16.6 Å². The second-order valence-electron chi connectivity index (χ2n) is 4.17. The van der Waals surface area contributed by atoms with E-state index >= 15 is 0 Å². The van der Waals surface area contributed by atoms with Crippen molar-refractivity contribution in [3.63, 3.8) is 0 Å². The molecule has 0 saturated carbocycles. The molecule has 0 amide bonds. The third-order valence-corrected chi connectivity index (χ3v) is 4.56. The van der Waals surface area contributed by atoms with Gasteiger partial charge in [0.1, 0.15) is 12.4 Å². The zero-order valence-electron chi connectivity index (χ0n) is 10.5. The first-order valence-electron chi connectivity index (χ1n) is 5.66. The van der Waals surface area contributed by atoms with Gasteiger partial charge in [0, 0.05) is 0 Å². The van der Waals surface area contributed by atoms with Gasteiger partial charge in [-0.3, -0.25) is 0 Å². The Balaban J connectivity index is 2.15. The predicted octanol–water partition coefficient (Wildman–Crippen LogP) is 3.87. The number of hydrogen-bond acceptors (Lipinski definition) is 3. The Bertz CT molecular complexity index is 778. The third kappa shape index (κ3) is 4.25. The quantitative estimate of drug-likeness (QED) is 0.893. The first-order valence-corrected chi connectivity index (χ1v) is 8.34. The molecule has 0 unspecified atom stereocenters. The molecule has 0 aliphatic rings. The van der Waals surface area contributed by atoms with Gasteiger partial charge in [0.15, 0.2) is 0 Å². The average Bonchev–Trinajstić information content (AvgIpc) is 2.40. The zero-order valence-corrected chi connectivity index (χ0v) is 13.6. The van der Waals surface area contributed by atoms with Gasteiger partial charge in [0.05, 0.1) is 20.0 Å². The van der Waals surface area contributed by atoms with Gasteiger partial charge in [-0.25, -0.2) is 13.6 Å². The molecule has 0 aliphatic heterocycles. The number of rotatable bonds is 4. The fraction of sp³-hybridized carbons (Fsp3) is 0.0769. The van der Waals surface area contributed by atoms with Gasteiger partial charge in [0.25, 0.3) is 0 Å². The molecule has 4 nitrogen and oxygen atoms in total. The van der Waals surface area contributed by atoms with E-state index in [1.54, 1.807) is 18.2 Å². The standard InChI is InChI=1S/C13H10Cl3NO3S/c14-10-3-1-8(5-11(10)15)7-20-13-4-2-9(6-12(13)16)21(17,18)19/h1-6H,7H2,(H2,17,18,19). The van der Waals surface area contributed by atoms with Gasteiger partial charge in [-0.1, -0.05) is 40.9 Å². The van der Waals surface area contributed by atoms with E-state index in [4.69, 9.17) is 44.7 Å². The van der Waals surface area contributed by atoms with Crippen molar-refractivity contribution < 1.29 is 13.2 Å². The van der Waals surface area contributed by atoms with Crippen LogP contribution in [0.25, 0.3) is 0 Å². The molecular formula is C13H10Cl3NO3S. The number of halogens is 3. The normalized spacial score (nSPS) is 11.4. The minimum Gasteiger partial charge on any atom is -0.487 e. The Morgan fingerprint density at radius 2 is 1.67 bits per heavy atom. The van der Waals surface area contributed by atoms with Crippen LogP contribution in [0.5, 0.6) is 5.75 Å². The van der Waals surface area contributed by atoms with E-state index in [-0.39, 0.29) is 16.5 Å². The first kappa shape index (κ1) is 16.4. The second-order valence-corrected chi connectivity index (χ2v) is 6.96. The van der Waals surface area contributed by atoms with E-state index in [9.17, 15) is 8.42 Å². The summed E-state index contributed by atoms with van der Waals surface area (Å²) in [5.74, 6) is 0.343. The number of benzene rings is 2. The van der Waals surface area contributed by atoms with Crippen LogP contribution in [0.2, 0.25) is 15.1 Å². The molecule has 2 aromatic rings. The van der Waals surface area contributed by atoms with E-state index in [0.717, 1.165) is 5.56 Å². The third-order valence-electron chi connectivity index (χ3n) is 2.61. The number of hydrogen-bond donors (Lipinski definition) is 1. The summed E-state index contributed by atoms with van der Waals surface area (Å²) in [5, 5.41) is 6.05. The number of sulfonamides is 1. The molecule has 0 aromatic heterocycles. The largest absolute Gasteiger partial charge is 0.487 e. The van der Waals surface area contributed by atoms with Crippen LogP contribution in [0.4, 0.5) is 0 Å².